The second-order valence-electron chi connectivity index (χ2n) is 6.73. The molecular weight excluding hydrogens is 350 g/mol. The molecule has 5 nitrogen and oxygen atoms in total. The van der Waals surface area contributed by atoms with Gasteiger partial charge in [-0.2, -0.15) is 4.31 Å². The van der Waals surface area contributed by atoms with Crippen LogP contribution in [0.5, 0.6) is 5.75 Å². The van der Waals surface area contributed by atoms with E-state index < -0.39 is 16.1 Å². The van der Waals surface area contributed by atoms with Crippen LogP contribution < -0.4 is 4.74 Å². The summed E-state index contributed by atoms with van der Waals surface area (Å²) >= 11 is 6.10. The highest BCUT2D eigenvalue weighted by molar-refractivity contribution is 7.89. The Balaban J connectivity index is 1.90. The number of methoxy groups -OCH3 is 1. The van der Waals surface area contributed by atoms with Gasteiger partial charge in [0, 0.05) is 12.6 Å². The minimum atomic E-state index is -3.68. The van der Waals surface area contributed by atoms with E-state index in [1.165, 1.54) is 30.0 Å². The van der Waals surface area contributed by atoms with E-state index in [9.17, 15) is 13.5 Å². The van der Waals surface area contributed by atoms with Crippen LogP contribution in [0.1, 0.15) is 38.5 Å². The zero-order valence-electron chi connectivity index (χ0n) is 13.8. The molecule has 0 spiro atoms. The lowest BCUT2D eigenvalue weighted by Crippen LogP contribution is -2.40. The van der Waals surface area contributed by atoms with Gasteiger partial charge in [0.05, 0.1) is 23.1 Å². The molecule has 24 heavy (non-hydrogen) atoms. The lowest BCUT2D eigenvalue weighted by Gasteiger charge is -2.33. The smallest absolute Gasteiger partial charge is 0.243 e. The predicted octanol–water partition coefficient (Wildman–Crippen LogP) is 3.05. The van der Waals surface area contributed by atoms with Crippen LogP contribution in [-0.2, 0) is 10.0 Å². The Labute approximate surface area is 148 Å². The molecule has 1 saturated heterocycles. The van der Waals surface area contributed by atoms with E-state index in [4.69, 9.17) is 16.3 Å². The van der Waals surface area contributed by atoms with Crippen molar-refractivity contribution in [2.45, 2.75) is 55.6 Å². The molecule has 2 atom stereocenters. The summed E-state index contributed by atoms with van der Waals surface area (Å²) in [6.07, 6.45) is 5.49. The number of sulfonamides is 1. The number of β-amino-alcohol motifs (C(OH)–C–C–N with tert-alkyl or cyclic N) is 1. The van der Waals surface area contributed by atoms with Gasteiger partial charge in [-0.25, -0.2) is 8.42 Å². The van der Waals surface area contributed by atoms with Crippen LogP contribution in [0.25, 0.3) is 0 Å². The van der Waals surface area contributed by atoms with E-state index in [0.717, 1.165) is 25.7 Å². The molecule has 134 valence electrons. The Morgan fingerprint density at radius 2 is 1.96 bits per heavy atom. The molecule has 1 heterocycles. The van der Waals surface area contributed by atoms with Crippen LogP contribution in [-0.4, -0.2) is 43.6 Å². The van der Waals surface area contributed by atoms with E-state index >= 15 is 0 Å². The maximum absolute atomic E-state index is 13.1. The topological polar surface area (TPSA) is 66.8 Å². The third-order valence-corrected chi connectivity index (χ3v) is 7.38. The van der Waals surface area contributed by atoms with E-state index in [0.29, 0.717) is 18.1 Å². The van der Waals surface area contributed by atoms with Crippen molar-refractivity contribution in [3.8, 4) is 5.75 Å². The van der Waals surface area contributed by atoms with Gasteiger partial charge in [-0.1, -0.05) is 30.9 Å². The van der Waals surface area contributed by atoms with E-state index in [2.05, 4.69) is 0 Å². The van der Waals surface area contributed by atoms with Crippen LogP contribution in [0.4, 0.5) is 0 Å². The molecule has 7 heteroatoms. The average Bonchev–Trinajstić information content (AvgIpc) is 2.98. The minimum absolute atomic E-state index is 0.119. The normalized spacial score (nSPS) is 26.6. The Morgan fingerprint density at radius 1 is 1.25 bits per heavy atom. The molecule has 1 aliphatic heterocycles. The number of hydrogen-bond acceptors (Lipinski definition) is 4. The lowest BCUT2D eigenvalue weighted by molar-refractivity contribution is 0.185. The Bertz CT molecular complexity index is 688. The third kappa shape index (κ3) is 3.43. The molecule has 3 rings (SSSR count). The molecule has 1 aliphatic carbocycles. The Hall–Kier alpha value is -0.820. The molecule has 1 aromatic carbocycles. The maximum Gasteiger partial charge on any atom is 0.243 e. The standard InChI is InChI=1S/C17H24ClNO4S/c1-23-17-8-7-14(10-15(17)18)24(21,22)19-11-13(20)9-16(19)12-5-3-2-4-6-12/h7-8,10,12-13,16,20H,2-6,9,11H2,1H3/t13-,16-/m0/s1. The average molecular weight is 374 g/mol. The zero-order chi connectivity index (χ0) is 17.3. The number of hydrogen-bond donors (Lipinski definition) is 1. The molecule has 2 aliphatic rings. The fourth-order valence-corrected chi connectivity index (χ4v) is 6.06. The largest absolute Gasteiger partial charge is 0.495 e. The van der Waals surface area contributed by atoms with E-state index in [1.807, 2.05) is 0 Å². The molecule has 0 radical (unpaired) electrons. The zero-order valence-corrected chi connectivity index (χ0v) is 15.4. The minimum Gasteiger partial charge on any atom is -0.495 e. The number of rotatable bonds is 4. The first kappa shape index (κ1) is 18.0. The summed E-state index contributed by atoms with van der Waals surface area (Å²) in [4.78, 5) is 0.156. The van der Waals surface area contributed by atoms with Crippen LogP contribution in [0.15, 0.2) is 23.1 Å². The van der Waals surface area contributed by atoms with Crippen molar-refractivity contribution >= 4 is 21.6 Å². The maximum atomic E-state index is 13.1. The molecule has 0 bridgehead atoms. The van der Waals surface area contributed by atoms with E-state index in [1.54, 1.807) is 6.07 Å². The first-order chi connectivity index (χ1) is 11.4. The Morgan fingerprint density at radius 3 is 2.58 bits per heavy atom. The van der Waals surface area contributed by atoms with Gasteiger partial charge in [-0.15, -0.1) is 0 Å². The second-order valence-corrected chi connectivity index (χ2v) is 9.02. The van der Waals surface area contributed by atoms with Crippen molar-refractivity contribution < 1.29 is 18.3 Å². The van der Waals surface area contributed by atoms with Gasteiger partial charge in [-0.3, -0.25) is 0 Å². The van der Waals surface area contributed by atoms with Crippen LogP contribution in [0, 0.1) is 5.92 Å². The van der Waals surface area contributed by atoms with Crippen molar-refractivity contribution in [1.29, 1.82) is 0 Å². The molecule has 2 fully saturated rings. The van der Waals surface area contributed by atoms with Crippen molar-refractivity contribution in [2.75, 3.05) is 13.7 Å². The SMILES string of the molecule is COc1ccc(S(=O)(=O)N2C[C@@H](O)C[C@H]2C2CCCCC2)cc1Cl. The van der Waals surface area contributed by atoms with Crippen molar-refractivity contribution in [2.24, 2.45) is 5.92 Å². The monoisotopic (exact) mass is 373 g/mol. The predicted molar refractivity (Wildman–Crippen MR) is 92.9 cm³/mol. The summed E-state index contributed by atoms with van der Waals surface area (Å²) in [6, 6.07) is 4.39. The summed E-state index contributed by atoms with van der Waals surface area (Å²) in [5.74, 6) is 0.778. The van der Waals surface area contributed by atoms with Gasteiger partial charge in [-0.05, 0) is 43.4 Å². The molecule has 0 unspecified atom stereocenters. The summed E-state index contributed by atoms with van der Waals surface area (Å²) in [5.41, 5.74) is 0. The number of halogens is 1. The molecule has 1 N–H and O–H groups in total. The van der Waals surface area contributed by atoms with Gasteiger partial charge < -0.3 is 9.84 Å². The first-order valence-electron chi connectivity index (χ1n) is 8.47. The third-order valence-electron chi connectivity index (χ3n) is 5.20. The molecule has 1 saturated carbocycles. The van der Waals surface area contributed by atoms with E-state index in [-0.39, 0.29) is 22.5 Å². The number of ether oxygens (including phenoxy) is 1. The van der Waals surface area contributed by atoms with Gasteiger partial charge in [0.2, 0.25) is 10.0 Å². The summed E-state index contributed by atoms with van der Waals surface area (Å²) in [6.45, 7) is 0.160. The molecule has 1 aromatic rings. The fraction of sp³-hybridized carbons (Fsp3) is 0.647. The van der Waals surface area contributed by atoms with Gasteiger partial charge in [0.15, 0.2) is 0 Å². The van der Waals surface area contributed by atoms with Gasteiger partial charge in [0.25, 0.3) is 0 Å². The van der Waals surface area contributed by atoms with Gasteiger partial charge >= 0.3 is 0 Å². The second kappa shape index (κ2) is 7.20. The number of benzene rings is 1. The van der Waals surface area contributed by atoms with Crippen LogP contribution in [0.2, 0.25) is 5.02 Å². The highest BCUT2D eigenvalue weighted by atomic mass is 35.5. The van der Waals surface area contributed by atoms with Crippen molar-refractivity contribution in [3.05, 3.63) is 23.2 Å². The highest BCUT2D eigenvalue weighted by Crippen LogP contribution is 2.38. The van der Waals surface area contributed by atoms with Crippen molar-refractivity contribution in [1.82, 2.24) is 4.31 Å². The van der Waals surface area contributed by atoms with Crippen LogP contribution in [0.3, 0.4) is 0 Å². The van der Waals surface area contributed by atoms with Crippen molar-refractivity contribution in [3.63, 3.8) is 0 Å². The molecule has 0 amide bonds. The first-order valence-corrected chi connectivity index (χ1v) is 10.3. The van der Waals surface area contributed by atoms with Crippen LogP contribution >= 0.6 is 11.6 Å². The quantitative estimate of drug-likeness (QED) is 0.880. The lowest BCUT2D eigenvalue weighted by atomic mass is 9.83. The molecule has 0 aromatic heterocycles. The summed E-state index contributed by atoms with van der Waals surface area (Å²) in [5, 5.41) is 10.4. The summed E-state index contributed by atoms with van der Waals surface area (Å²) < 4.78 is 32.8. The number of aliphatic hydroxyl groups excluding tert-OH is 1. The highest BCUT2D eigenvalue weighted by Gasteiger charge is 2.43. The Kier molecular flexibility index (Phi) is 5.39. The number of aliphatic hydroxyl groups is 1. The van der Waals surface area contributed by atoms with Gasteiger partial charge in [0.1, 0.15) is 5.75 Å². The molecular formula is C17H24ClNO4S. The summed E-state index contributed by atoms with van der Waals surface area (Å²) in [7, 11) is -2.19. The fourth-order valence-electron chi connectivity index (χ4n) is 3.98. The number of nitrogens with zero attached hydrogens (tertiary/aromatic N) is 1.